The lowest BCUT2D eigenvalue weighted by Gasteiger charge is -2.23. The number of sulfonamides is 1. The van der Waals surface area contributed by atoms with Crippen LogP contribution in [0.1, 0.15) is 66.2 Å². The molecule has 196 valence electrons. The second-order valence-corrected chi connectivity index (χ2v) is 12.5. The van der Waals surface area contributed by atoms with Gasteiger partial charge in [-0.3, -0.25) is 13.9 Å². The predicted molar refractivity (Wildman–Crippen MR) is 151 cm³/mol. The van der Waals surface area contributed by atoms with Gasteiger partial charge in [0.15, 0.2) is 5.78 Å². The number of hydrogen-bond acceptors (Lipinski definition) is 4. The number of benzene rings is 3. The molecule has 0 aliphatic heterocycles. The van der Waals surface area contributed by atoms with Crippen molar-refractivity contribution in [2.45, 2.75) is 52.9 Å². The second-order valence-electron chi connectivity index (χ2n) is 10.6. The van der Waals surface area contributed by atoms with Crippen LogP contribution in [0.25, 0.3) is 0 Å². The molecule has 0 spiro atoms. The van der Waals surface area contributed by atoms with Gasteiger partial charge in [-0.25, -0.2) is 8.42 Å². The largest absolute Gasteiger partial charge is 0.326 e. The van der Waals surface area contributed by atoms with Crippen LogP contribution in [0.5, 0.6) is 0 Å². The third-order valence-corrected chi connectivity index (χ3v) is 7.28. The molecule has 3 rings (SSSR count). The van der Waals surface area contributed by atoms with Crippen LogP contribution < -0.4 is 9.62 Å². The summed E-state index contributed by atoms with van der Waals surface area (Å²) in [7, 11) is -3.50. The molecule has 1 N–H and O–H groups in total. The van der Waals surface area contributed by atoms with Gasteiger partial charge in [-0.05, 0) is 66.6 Å². The van der Waals surface area contributed by atoms with E-state index in [1.165, 1.54) is 10.6 Å². The van der Waals surface area contributed by atoms with E-state index in [-0.39, 0.29) is 30.1 Å². The fraction of sp³-hybridized carbons (Fsp3) is 0.333. The van der Waals surface area contributed by atoms with Crippen LogP contribution >= 0.6 is 0 Å². The molecule has 1 amide bonds. The van der Waals surface area contributed by atoms with Gasteiger partial charge in [-0.2, -0.15) is 0 Å². The Hall–Kier alpha value is -3.45. The highest BCUT2D eigenvalue weighted by molar-refractivity contribution is 7.92. The molecule has 0 saturated carbocycles. The summed E-state index contributed by atoms with van der Waals surface area (Å²) in [6.07, 6.45) is 1.66. The Kier molecular flexibility index (Phi) is 8.59. The van der Waals surface area contributed by atoms with E-state index < -0.39 is 10.0 Å². The van der Waals surface area contributed by atoms with Crippen LogP contribution in [0, 0.1) is 13.8 Å². The molecule has 7 heteroatoms. The molecule has 0 radical (unpaired) electrons. The number of carbonyl (C=O) groups excluding carboxylic acids is 2. The smallest absolute Gasteiger partial charge is 0.232 e. The van der Waals surface area contributed by atoms with Crippen molar-refractivity contribution in [2.24, 2.45) is 0 Å². The third-order valence-electron chi connectivity index (χ3n) is 6.08. The van der Waals surface area contributed by atoms with Crippen LogP contribution in [0.2, 0.25) is 0 Å². The number of carbonyl (C=O) groups is 2. The third kappa shape index (κ3) is 7.76. The first-order valence-corrected chi connectivity index (χ1v) is 14.2. The van der Waals surface area contributed by atoms with Gasteiger partial charge < -0.3 is 5.32 Å². The molecule has 0 unspecified atom stereocenters. The topological polar surface area (TPSA) is 83.6 Å². The van der Waals surface area contributed by atoms with Crippen molar-refractivity contribution in [1.82, 2.24) is 0 Å². The average molecular weight is 521 g/mol. The second kappa shape index (κ2) is 11.3. The normalized spacial score (nSPS) is 11.7. The minimum Gasteiger partial charge on any atom is -0.326 e. The fourth-order valence-corrected chi connectivity index (χ4v) is 5.16. The van der Waals surface area contributed by atoms with E-state index in [9.17, 15) is 18.0 Å². The van der Waals surface area contributed by atoms with Crippen molar-refractivity contribution >= 4 is 33.1 Å². The maximum absolute atomic E-state index is 13.0. The van der Waals surface area contributed by atoms with Crippen LogP contribution in [-0.2, 0) is 20.2 Å². The molecule has 0 aliphatic carbocycles. The highest BCUT2D eigenvalue weighted by atomic mass is 32.2. The van der Waals surface area contributed by atoms with Gasteiger partial charge in [0, 0.05) is 29.8 Å². The molecule has 0 bridgehead atoms. The fourth-order valence-electron chi connectivity index (χ4n) is 4.21. The molecule has 0 heterocycles. The van der Waals surface area contributed by atoms with Crippen molar-refractivity contribution < 1.29 is 18.0 Å². The SMILES string of the molecule is Cc1cc(C)cc(N(CCCC(=O)Nc2cccc(C(=O)c3ccc(C(C)(C)C)cc3)c2)S(C)(=O)=O)c1. The Bertz CT molecular complexity index is 1370. The molecule has 6 nitrogen and oxygen atoms in total. The van der Waals surface area contributed by atoms with E-state index in [1.54, 1.807) is 24.3 Å². The summed E-state index contributed by atoms with van der Waals surface area (Å²) in [5.74, 6) is -0.359. The van der Waals surface area contributed by atoms with Gasteiger partial charge >= 0.3 is 0 Å². The maximum Gasteiger partial charge on any atom is 0.232 e. The van der Waals surface area contributed by atoms with E-state index in [0.29, 0.717) is 28.9 Å². The summed E-state index contributed by atoms with van der Waals surface area (Å²) in [5, 5.41) is 2.83. The molecule has 3 aromatic carbocycles. The molecular formula is C30H36N2O4S. The van der Waals surface area contributed by atoms with Gasteiger partial charge in [0.05, 0.1) is 11.9 Å². The minimum absolute atomic E-state index is 0.00308. The number of rotatable bonds is 9. The Labute approximate surface area is 220 Å². The van der Waals surface area contributed by atoms with E-state index in [1.807, 2.05) is 56.3 Å². The highest BCUT2D eigenvalue weighted by Gasteiger charge is 2.19. The zero-order valence-corrected chi connectivity index (χ0v) is 23.3. The minimum atomic E-state index is -3.50. The van der Waals surface area contributed by atoms with Crippen molar-refractivity contribution in [3.63, 3.8) is 0 Å². The molecule has 0 fully saturated rings. The molecular weight excluding hydrogens is 484 g/mol. The van der Waals surface area contributed by atoms with Crippen LogP contribution in [0.15, 0.2) is 66.7 Å². The van der Waals surface area contributed by atoms with Crippen LogP contribution in [0.4, 0.5) is 11.4 Å². The summed E-state index contributed by atoms with van der Waals surface area (Å²) in [4.78, 5) is 25.6. The van der Waals surface area contributed by atoms with Gasteiger partial charge in [-0.15, -0.1) is 0 Å². The lowest BCUT2D eigenvalue weighted by atomic mass is 9.86. The number of nitrogens with zero attached hydrogens (tertiary/aromatic N) is 1. The average Bonchev–Trinajstić information content (AvgIpc) is 2.79. The summed E-state index contributed by atoms with van der Waals surface area (Å²) in [6, 6.07) is 20.1. The van der Waals surface area contributed by atoms with Crippen molar-refractivity contribution in [2.75, 3.05) is 22.4 Å². The van der Waals surface area contributed by atoms with E-state index in [4.69, 9.17) is 0 Å². The quantitative estimate of drug-likeness (QED) is 0.350. The number of amides is 1. The molecule has 0 atom stereocenters. The standard InChI is InChI=1S/C30H36N2O4S/c1-21-17-22(2)19-27(18-21)32(37(6,35)36)16-8-11-28(33)31-26-10-7-9-24(20-26)29(34)23-12-14-25(15-13-23)30(3,4)5/h7,9-10,12-15,17-20H,8,11,16H2,1-6H3,(H,31,33). The van der Waals surface area contributed by atoms with Crippen LogP contribution in [0.3, 0.4) is 0 Å². The van der Waals surface area contributed by atoms with Crippen LogP contribution in [-0.4, -0.2) is 32.9 Å². The Balaban J connectivity index is 1.63. The van der Waals surface area contributed by atoms with Crippen molar-refractivity contribution in [1.29, 1.82) is 0 Å². The molecule has 0 aromatic heterocycles. The van der Waals surface area contributed by atoms with E-state index >= 15 is 0 Å². The molecule has 0 saturated heterocycles. The Morgan fingerprint density at radius 1 is 0.865 bits per heavy atom. The maximum atomic E-state index is 13.0. The van der Waals surface area contributed by atoms with E-state index in [0.717, 1.165) is 16.7 Å². The predicted octanol–water partition coefficient (Wildman–Crippen LogP) is 6.02. The lowest BCUT2D eigenvalue weighted by molar-refractivity contribution is -0.116. The summed E-state index contributed by atoms with van der Waals surface area (Å²) in [6.45, 7) is 10.4. The first-order chi connectivity index (χ1) is 17.2. The van der Waals surface area contributed by atoms with E-state index in [2.05, 4.69) is 26.1 Å². The van der Waals surface area contributed by atoms with Crippen molar-refractivity contribution in [3.05, 3.63) is 94.5 Å². The molecule has 3 aromatic rings. The summed E-state index contributed by atoms with van der Waals surface area (Å²) in [5.41, 5.74) is 5.30. The monoisotopic (exact) mass is 520 g/mol. The summed E-state index contributed by atoms with van der Waals surface area (Å²) >= 11 is 0. The number of aryl methyl sites for hydroxylation is 2. The molecule has 37 heavy (non-hydrogen) atoms. The van der Waals surface area contributed by atoms with Gasteiger partial charge in [0.1, 0.15) is 0 Å². The Morgan fingerprint density at radius 2 is 1.49 bits per heavy atom. The first-order valence-electron chi connectivity index (χ1n) is 12.4. The summed E-state index contributed by atoms with van der Waals surface area (Å²) < 4.78 is 26.1. The van der Waals surface area contributed by atoms with Gasteiger partial charge in [0.2, 0.25) is 15.9 Å². The molecule has 0 aliphatic rings. The van der Waals surface area contributed by atoms with Gasteiger partial charge in [0.25, 0.3) is 0 Å². The zero-order valence-electron chi connectivity index (χ0n) is 22.5. The lowest BCUT2D eigenvalue weighted by Crippen LogP contribution is -2.31. The van der Waals surface area contributed by atoms with Gasteiger partial charge in [-0.1, -0.05) is 63.2 Å². The number of hydrogen-bond donors (Lipinski definition) is 1. The Morgan fingerprint density at radius 3 is 2.05 bits per heavy atom. The zero-order chi connectivity index (χ0) is 27.4. The number of ketones is 1. The first kappa shape index (κ1) is 28.1. The highest BCUT2D eigenvalue weighted by Crippen LogP contribution is 2.24. The van der Waals surface area contributed by atoms with Crippen molar-refractivity contribution in [3.8, 4) is 0 Å². The number of nitrogens with one attached hydrogen (secondary N) is 1. The number of anilines is 2.